The second-order valence-electron chi connectivity index (χ2n) is 14.1. The molecule has 258 valence electrons. The second kappa shape index (κ2) is 12.6. The molecule has 0 saturated carbocycles. The highest BCUT2D eigenvalue weighted by Gasteiger charge is 2.17. The monoisotopic (exact) mass is 703 g/mol. The largest absolute Gasteiger partial charge is 0.456 e. The molecule has 0 amide bonds. The van der Waals surface area contributed by atoms with Crippen LogP contribution in [0.25, 0.3) is 88.0 Å². The smallest absolute Gasteiger partial charge is 0.136 e. The van der Waals surface area contributed by atoms with E-state index in [0.29, 0.717) is 0 Å². The Morgan fingerprint density at radius 3 is 1.67 bits per heavy atom. The first-order chi connectivity index (χ1) is 27.2. The van der Waals surface area contributed by atoms with E-state index in [4.69, 9.17) is 8.83 Å². The van der Waals surface area contributed by atoms with Crippen molar-refractivity contribution in [2.45, 2.75) is 0 Å². The minimum Gasteiger partial charge on any atom is -0.456 e. The predicted octanol–water partition coefficient (Wildman–Crippen LogP) is 15.1. The van der Waals surface area contributed by atoms with Gasteiger partial charge in [0.25, 0.3) is 0 Å². The van der Waals surface area contributed by atoms with Crippen molar-refractivity contribution in [2.24, 2.45) is 0 Å². The van der Waals surface area contributed by atoms with Gasteiger partial charge in [-0.05, 0) is 117 Å². The van der Waals surface area contributed by atoms with Crippen molar-refractivity contribution in [3.05, 3.63) is 200 Å². The fraction of sp³-hybridized carbons (Fsp3) is 0. The summed E-state index contributed by atoms with van der Waals surface area (Å²) < 4.78 is 12.5. The van der Waals surface area contributed by atoms with E-state index in [-0.39, 0.29) is 0 Å². The van der Waals surface area contributed by atoms with Gasteiger partial charge in [0.2, 0.25) is 0 Å². The van der Waals surface area contributed by atoms with Gasteiger partial charge >= 0.3 is 0 Å². The molecule has 0 aliphatic heterocycles. The predicted molar refractivity (Wildman–Crippen MR) is 229 cm³/mol. The van der Waals surface area contributed by atoms with E-state index in [1.165, 1.54) is 21.9 Å². The highest BCUT2D eigenvalue weighted by atomic mass is 16.3. The lowest BCUT2D eigenvalue weighted by molar-refractivity contribution is 0.668. The molecule has 9 aromatic carbocycles. The molecular formula is C52H33NO2. The first-order valence-corrected chi connectivity index (χ1v) is 18.7. The third-order valence-electron chi connectivity index (χ3n) is 10.9. The van der Waals surface area contributed by atoms with Gasteiger partial charge in [0, 0.05) is 38.6 Å². The lowest BCUT2D eigenvalue weighted by atomic mass is 9.98. The molecule has 0 unspecified atom stereocenters. The summed E-state index contributed by atoms with van der Waals surface area (Å²) in [6.45, 7) is 0. The number of hydrogen-bond donors (Lipinski definition) is 0. The third kappa shape index (κ3) is 5.36. The molecule has 0 N–H and O–H groups in total. The number of hydrogen-bond acceptors (Lipinski definition) is 3. The van der Waals surface area contributed by atoms with Crippen LogP contribution in [0.4, 0.5) is 17.1 Å². The van der Waals surface area contributed by atoms with Crippen LogP contribution in [0.1, 0.15) is 0 Å². The van der Waals surface area contributed by atoms with Gasteiger partial charge in [-0.15, -0.1) is 0 Å². The zero-order valence-electron chi connectivity index (χ0n) is 29.8. The van der Waals surface area contributed by atoms with Gasteiger partial charge < -0.3 is 13.7 Å². The maximum absolute atomic E-state index is 6.23. The van der Waals surface area contributed by atoms with Crippen LogP contribution in [0.15, 0.2) is 209 Å². The van der Waals surface area contributed by atoms with E-state index in [1.807, 2.05) is 24.3 Å². The van der Waals surface area contributed by atoms with E-state index in [9.17, 15) is 0 Å². The Bertz CT molecular complexity index is 3200. The van der Waals surface area contributed by atoms with Gasteiger partial charge in [0.15, 0.2) is 0 Å². The molecule has 0 aliphatic carbocycles. The van der Waals surface area contributed by atoms with Crippen LogP contribution in [0.3, 0.4) is 0 Å². The molecule has 2 heterocycles. The Morgan fingerprint density at radius 2 is 0.855 bits per heavy atom. The maximum atomic E-state index is 6.23. The van der Waals surface area contributed by atoms with E-state index in [1.54, 1.807) is 0 Å². The third-order valence-corrected chi connectivity index (χ3v) is 10.9. The summed E-state index contributed by atoms with van der Waals surface area (Å²) in [5.74, 6) is 0. The van der Waals surface area contributed by atoms with Crippen molar-refractivity contribution in [1.29, 1.82) is 0 Å². The van der Waals surface area contributed by atoms with Gasteiger partial charge in [0.05, 0.1) is 0 Å². The highest BCUT2D eigenvalue weighted by Crippen LogP contribution is 2.41. The second-order valence-corrected chi connectivity index (χ2v) is 14.1. The first kappa shape index (κ1) is 31.2. The molecular weight excluding hydrogens is 671 g/mol. The van der Waals surface area contributed by atoms with Crippen molar-refractivity contribution < 1.29 is 8.83 Å². The van der Waals surface area contributed by atoms with Gasteiger partial charge in [-0.25, -0.2) is 0 Å². The molecule has 3 nitrogen and oxygen atoms in total. The normalized spacial score (nSPS) is 11.6. The number of rotatable bonds is 6. The minimum absolute atomic E-state index is 0.897. The highest BCUT2D eigenvalue weighted by molar-refractivity contribution is 6.12. The van der Waals surface area contributed by atoms with Crippen LogP contribution < -0.4 is 4.90 Å². The van der Waals surface area contributed by atoms with Gasteiger partial charge in [0.1, 0.15) is 22.3 Å². The summed E-state index contributed by atoms with van der Waals surface area (Å²) in [6.07, 6.45) is 0. The Hall–Kier alpha value is -7.36. The van der Waals surface area contributed by atoms with Crippen molar-refractivity contribution in [3.8, 4) is 33.4 Å². The molecule has 0 bridgehead atoms. The Morgan fingerprint density at radius 1 is 0.291 bits per heavy atom. The number of nitrogens with zero attached hydrogens (tertiary/aromatic N) is 1. The van der Waals surface area contributed by atoms with Crippen LogP contribution >= 0.6 is 0 Å². The molecule has 0 aliphatic rings. The summed E-state index contributed by atoms with van der Waals surface area (Å²) >= 11 is 0. The number of furan rings is 2. The molecule has 0 radical (unpaired) electrons. The number of para-hydroxylation sites is 2. The molecule has 0 saturated heterocycles. The van der Waals surface area contributed by atoms with E-state index in [0.717, 1.165) is 83.2 Å². The first-order valence-electron chi connectivity index (χ1n) is 18.7. The standard InChI is InChI=1S/C52H33NO2/c1-2-10-37-31-39(20-19-34(37)9-1)38-11-7-12-43(32-38)53(41-26-21-35(22-27-41)40-25-30-46-45-13-3-5-16-48(45)55-51(46)33-40)42-28-23-36(24-29-42)44-15-8-18-50-52(44)47-14-4-6-17-49(47)54-50/h1-33H. The summed E-state index contributed by atoms with van der Waals surface area (Å²) in [4.78, 5) is 2.34. The quantitative estimate of drug-likeness (QED) is 0.173. The topological polar surface area (TPSA) is 29.5 Å². The van der Waals surface area contributed by atoms with E-state index >= 15 is 0 Å². The maximum Gasteiger partial charge on any atom is 0.136 e. The summed E-state index contributed by atoms with van der Waals surface area (Å²) in [5, 5.41) is 7.01. The van der Waals surface area contributed by atoms with Crippen LogP contribution in [0.2, 0.25) is 0 Å². The summed E-state index contributed by atoms with van der Waals surface area (Å²) in [5.41, 5.74) is 13.7. The Balaban J connectivity index is 1.01. The minimum atomic E-state index is 0.897. The molecule has 0 spiro atoms. The van der Waals surface area contributed by atoms with Crippen LogP contribution in [0.5, 0.6) is 0 Å². The zero-order valence-corrected chi connectivity index (χ0v) is 29.8. The number of fused-ring (bicyclic) bond motifs is 7. The molecule has 2 aromatic heterocycles. The van der Waals surface area contributed by atoms with Crippen LogP contribution in [-0.2, 0) is 0 Å². The van der Waals surface area contributed by atoms with Crippen molar-refractivity contribution >= 4 is 71.7 Å². The molecule has 55 heavy (non-hydrogen) atoms. The average Bonchev–Trinajstić information content (AvgIpc) is 3.82. The lowest BCUT2D eigenvalue weighted by Gasteiger charge is -2.26. The molecule has 11 rings (SSSR count). The Kier molecular flexibility index (Phi) is 7.17. The molecule has 11 aromatic rings. The van der Waals surface area contributed by atoms with Gasteiger partial charge in [-0.1, -0.05) is 127 Å². The van der Waals surface area contributed by atoms with Gasteiger partial charge in [-0.3, -0.25) is 0 Å². The molecule has 0 fully saturated rings. The zero-order chi connectivity index (χ0) is 36.3. The van der Waals surface area contributed by atoms with E-state index in [2.05, 4.69) is 181 Å². The van der Waals surface area contributed by atoms with Gasteiger partial charge in [-0.2, -0.15) is 0 Å². The van der Waals surface area contributed by atoms with Crippen molar-refractivity contribution in [3.63, 3.8) is 0 Å². The van der Waals surface area contributed by atoms with E-state index < -0.39 is 0 Å². The fourth-order valence-corrected chi connectivity index (χ4v) is 8.15. The molecule has 0 atom stereocenters. The number of anilines is 3. The lowest BCUT2D eigenvalue weighted by Crippen LogP contribution is -2.10. The fourth-order valence-electron chi connectivity index (χ4n) is 8.15. The van der Waals surface area contributed by atoms with Crippen molar-refractivity contribution in [1.82, 2.24) is 0 Å². The molecule has 3 heteroatoms. The Labute approximate surface area is 317 Å². The summed E-state index contributed by atoms with van der Waals surface area (Å²) in [6, 6.07) is 71.1. The van der Waals surface area contributed by atoms with Crippen LogP contribution in [0, 0.1) is 0 Å². The SMILES string of the molecule is c1cc(-c2ccc3ccccc3c2)cc(N(c2ccc(-c3ccc4c(c3)oc3ccccc34)cc2)c2ccc(-c3cccc4oc5ccccc5c34)cc2)c1. The number of benzene rings is 9. The summed E-state index contributed by atoms with van der Waals surface area (Å²) in [7, 11) is 0. The average molecular weight is 704 g/mol. The van der Waals surface area contributed by atoms with Crippen molar-refractivity contribution in [2.75, 3.05) is 4.90 Å². The van der Waals surface area contributed by atoms with Crippen LogP contribution in [-0.4, -0.2) is 0 Å².